The number of nitrogens with zero attached hydrogens (tertiary/aromatic N) is 1. The molecule has 0 aliphatic carbocycles. The number of hydrogen-bond acceptors (Lipinski definition) is 2. The molecule has 0 saturated carbocycles. The number of fused-ring (bicyclic) bond motifs is 6. The van der Waals surface area contributed by atoms with Gasteiger partial charge in [0, 0.05) is 39.0 Å². The van der Waals surface area contributed by atoms with Crippen molar-refractivity contribution in [3.8, 4) is 11.1 Å². The second-order valence-corrected chi connectivity index (χ2v) is 19.5. The molecule has 11 aromatic rings. The summed E-state index contributed by atoms with van der Waals surface area (Å²) in [6.07, 6.45) is 0. The van der Waals surface area contributed by atoms with Crippen LogP contribution in [0, 0.1) is 17.5 Å². The molecule has 10 aromatic carbocycles. The lowest BCUT2D eigenvalue weighted by molar-refractivity contribution is 0.628. The first-order valence-corrected chi connectivity index (χ1v) is 22.6. The largest absolute Gasteiger partial charge is 0.455 e. The smallest absolute Gasteiger partial charge is 0.179 e. The highest BCUT2D eigenvalue weighted by Gasteiger charge is 2.42. The minimum atomic E-state index is -3.28. The predicted octanol–water partition coefficient (Wildman–Crippen LogP) is 12.8. The summed E-state index contributed by atoms with van der Waals surface area (Å²) in [5.41, 5.74) is 6.67. The quantitative estimate of drug-likeness (QED) is 0.112. The van der Waals surface area contributed by atoms with E-state index in [1.165, 1.54) is 36.4 Å². The van der Waals surface area contributed by atoms with Crippen molar-refractivity contribution < 1.29 is 17.6 Å². The Balaban J connectivity index is 1.14. The van der Waals surface area contributed by atoms with Crippen LogP contribution >= 0.6 is 0 Å². The third-order valence-electron chi connectivity index (χ3n) is 12.2. The first-order chi connectivity index (χ1) is 30.5. The van der Waals surface area contributed by atoms with Crippen LogP contribution in [0.2, 0.25) is 0 Å². The van der Waals surface area contributed by atoms with Gasteiger partial charge in [0.2, 0.25) is 0 Å². The molecule has 0 N–H and O–H groups in total. The topological polar surface area (TPSA) is 16.4 Å². The van der Waals surface area contributed by atoms with Gasteiger partial charge in [0.05, 0.1) is 5.69 Å². The van der Waals surface area contributed by atoms with Crippen LogP contribution in [-0.4, -0.2) is 8.07 Å². The number of anilines is 3. The Kier molecular flexibility index (Phi) is 9.09. The van der Waals surface area contributed by atoms with Gasteiger partial charge >= 0.3 is 0 Å². The Bertz CT molecular complexity index is 3310. The molecule has 0 radical (unpaired) electrons. The molecule has 0 spiro atoms. The van der Waals surface area contributed by atoms with Crippen LogP contribution in [0.3, 0.4) is 0 Å². The van der Waals surface area contributed by atoms with E-state index in [-0.39, 0.29) is 17.5 Å². The van der Waals surface area contributed by atoms with E-state index in [0.29, 0.717) is 0 Å². The predicted molar refractivity (Wildman–Crippen MR) is 252 cm³/mol. The minimum absolute atomic E-state index is 0.360. The van der Waals surface area contributed by atoms with Gasteiger partial charge in [-0.1, -0.05) is 140 Å². The van der Waals surface area contributed by atoms with E-state index in [1.54, 1.807) is 36.4 Å². The molecule has 0 amide bonds. The van der Waals surface area contributed by atoms with Gasteiger partial charge in [0.15, 0.2) is 8.07 Å². The first-order valence-electron chi connectivity index (χ1n) is 20.6. The highest BCUT2D eigenvalue weighted by molar-refractivity contribution is 7.19. The lowest BCUT2D eigenvalue weighted by atomic mass is 9.96. The van der Waals surface area contributed by atoms with E-state index in [2.05, 4.69) is 132 Å². The normalized spacial score (nSPS) is 11.8. The Morgan fingerprint density at radius 3 is 1.48 bits per heavy atom. The Labute approximate surface area is 357 Å². The zero-order valence-corrected chi connectivity index (χ0v) is 34.3. The summed E-state index contributed by atoms with van der Waals surface area (Å²) in [7, 11) is -3.28. The van der Waals surface area contributed by atoms with Gasteiger partial charge in [-0.05, 0) is 115 Å². The summed E-state index contributed by atoms with van der Waals surface area (Å²) in [6, 6.07) is 70.3. The van der Waals surface area contributed by atoms with E-state index < -0.39 is 8.07 Å². The summed E-state index contributed by atoms with van der Waals surface area (Å²) in [4.78, 5) is 2.27. The van der Waals surface area contributed by atoms with Gasteiger partial charge in [0.25, 0.3) is 0 Å². The van der Waals surface area contributed by atoms with Gasteiger partial charge in [-0.3, -0.25) is 0 Å². The molecule has 296 valence electrons. The Hall–Kier alpha value is -7.67. The lowest BCUT2D eigenvalue weighted by Gasteiger charge is -2.35. The Morgan fingerprint density at radius 2 is 0.871 bits per heavy atom. The molecular weight excluding hydrogens is 788 g/mol. The number of furan rings is 1. The van der Waals surface area contributed by atoms with Crippen LogP contribution in [-0.2, 0) is 0 Å². The first kappa shape index (κ1) is 37.3. The van der Waals surface area contributed by atoms with E-state index in [9.17, 15) is 13.2 Å². The van der Waals surface area contributed by atoms with Crippen molar-refractivity contribution >= 4 is 89.4 Å². The van der Waals surface area contributed by atoms with Crippen LogP contribution < -0.4 is 25.6 Å². The van der Waals surface area contributed by atoms with E-state index in [1.807, 2.05) is 18.2 Å². The number of benzene rings is 10. The van der Waals surface area contributed by atoms with E-state index >= 15 is 0 Å². The summed E-state index contributed by atoms with van der Waals surface area (Å²) >= 11 is 0. The van der Waals surface area contributed by atoms with E-state index in [0.717, 1.165) is 92.4 Å². The van der Waals surface area contributed by atoms with Gasteiger partial charge in [-0.2, -0.15) is 0 Å². The average molecular weight is 824 g/mol. The second kappa shape index (κ2) is 15.1. The molecule has 0 aliphatic heterocycles. The van der Waals surface area contributed by atoms with Gasteiger partial charge in [-0.15, -0.1) is 0 Å². The Morgan fingerprint density at radius 1 is 0.371 bits per heavy atom. The molecule has 6 heteroatoms. The van der Waals surface area contributed by atoms with Crippen molar-refractivity contribution in [1.82, 2.24) is 0 Å². The average Bonchev–Trinajstić information content (AvgIpc) is 3.70. The maximum Gasteiger partial charge on any atom is 0.179 e. The maximum absolute atomic E-state index is 14.6. The summed E-state index contributed by atoms with van der Waals surface area (Å²) in [5.74, 6) is -1.08. The maximum atomic E-state index is 14.6. The second-order valence-electron chi connectivity index (χ2n) is 15.6. The number of rotatable bonds is 8. The fourth-order valence-corrected chi connectivity index (χ4v) is 14.0. The molecule has 0 atom stereocenters. The van der Waals surface area contributed by atoms with E-state index in [4.69, 9.17) is 4.42 Å². The molecule has 0 unspecified atom stereocenters. The molecule has 2 nitrogen and oxygen atoms in total. The highest BCUT2D eigenvalue weighted by Crippen LogP contribution is 2.44. The van der Waals surface area contributed by atoms with Gasteiger partial charge < -0.3 is 9.32 Å². The van der Waals surface area contributed by atoms with Crippen LogP contribution in [0.25, 0.3) is 54.6 Å². The van der Waals surface area contributed by atoms with Crippen LogP contribution in [0.15, 0.2) is 223 Å². The summed E-state index contributed by atoms with van der Waals surface area (Å²) in [6.45, 7) is 0. The monoisotopic (exact) mass is 823 g/mol. The van der Waals surface area contributed by atoms with Gasteiger partial charge in [0.1, 0.15) is 28.6 Å². The summed E-state index contributed by atoms with van der Waals surface area (Å²) < 4.78 is 50.6. The third kappa shape index (κ3) is 6.18. The SMILES string of the molecule is Fc1ccc([Si](c2ccc(F)cc2)(c2ccc(F)cc2)c2ccc(N(c3ccc4c(c3)oc3c5ccccc5ccc43)c3ccc(-c4ccccc4)c4ccccc34)cc2)cc1. The lowest BCUT2D eigenvalue weighted by Crippen LogP contribution is -2.74. The molecule has 1 aromatic heterocycles. The highest BCUT2D eigenvalue weighted by atomic mass is 28.3. The molecule has 11 rings (SSSR count). The minimum Gasteiger partial charge on any atom is -0.455 e. The fraction of sp³-hybridized carbons (Fsp3) is 0. The third-order valence-corrected chi connectivity index (χ3v) is 17.0. The molecular formula is C56H36F3NOSi. The van der Waals surface area contributed by atoms with Crippen molar-refractivity contribution in [2.75, 3.05) is 4.90 Å². The van der Waals surface area contributed by atoms with Crippen molar-refractivity contribution in [3.05, 3.63) is 236 Å². The molecule has 0 bridgehead atoms. The standard InChI is InChI=1S/C56H36F3NOSi/c57-39-15-24-44(25-16-39)62(45-26-17-40(58)18-27-45,46-28-19-41(59)20-29-46)47-30-21-42(22-31-47)60(54-35-34-48(37-8-2-1-3-9-37)50-12-6-7-13-51(50)54)43-23-33-52-53-32-14-38-10-4-5-11-49(38)56(53)61-55(52)36-43/h1-36H. The zero-order chi connectivity index (χ0) is 41.8. The fourth-order valence-electron chi connectivity index (χ4n) is 9.37. The number of hydrogen-bond donors (Lipinski definition) is 0. The van der Waals surface area contributed by atoms with Crippen molar-refractivity contribution in [3.63, 3.8) is 0 Å². The molecule has 62 heavy (non-hydrogen) atoms. The number of halogens is 3. The van der Waals surface area contributed by atoms with Crippen LogP contribution in [0.5, 0.6) is 0 Å². The zero-order valence-electron chi connectivity index (χ0n) is 33.3. The summed E-state index contributed by atoms with van der Waals surface area (Å²) in [5, 5.41) is 10.1. The van der Waals surface area contributed by atoms with Crippen molar-refractivity contribution in [2.24, 2.45) is 0 Å². The molecule has 0 fully saturated rings. The van der Waals surface area contributed by atoms with Gasteiger partial charge in [-0.25, -0.2) is 13.2 Å². The van der Waals surface area contributed by atoms with Crippen molar-refractivity contribution in [2.45, 2.75) is 0 Å². The molecule has 0 aliphatic rings. The van der Waals surface area contributed by atoms with Crippen molar-refractivity contribution in [1.29, 1.82) is 0 Å². The molecule has 0 saturated heterocycles. The van der Waals surface area contributed by atoms with Crippen LogP contribution in [0.4, 0.5) is 30.2 Å². The van der Waals surface area contributed by atoms with Crippen LogP contribution in [0.1, 0.15) is 0 Å². The molecule has 1 heterocycles.